The fourth-order valence-electron chi connectivity index (χ4n) is 2.42. The summed E-state index contributed by atoms with van der Waals surface area (Å²) in [4.78, 5) is 14.1. The van der Waals surface area contributed by atoms with Crippen LogP contribution in [0.5, 0.6) is 0 Å². The van der Waals surface area contributed by atoms with Gasteiger partial charge in [-0.2, -0.15) is 0 Å². The van der Waals surface area contributed by atoms with Crippen LogP contribution in [-0.4, -0.2) is 62.8 Å². The summed E-state index contributed by atoms with van der Waals surface area (Å²) >= 11 is 0. The van der Waals surface area contributed by atoms with E-state index in [-0.39, 0.29) is 30.3 Å². The minimum absolute atomic E-state index is 0. The maximum absolute atomic E-state index is 11.7. The van der Waals surface area contributed by atoms with Crippen molar-refractivity contribution in [2.45, 2.75) is 20.0 Å². The number of carbonyl (C=O) groups is 1. The molecule has 0 aromatic heterocycles. The zero-order chi connectivity index (χ0) is 13.0. The largest absolute Gasteiger partial charge is 0.374 e. The number of morpholine rings is 1. The fourth-order valence-corrected chi connectivity index (χ4v) is 2.42. The van der Waals surface area contributed by atoms with E-state index in [0.29, 0.717) is 12.5 Å². The first-order chi connectivity index (χ1) is 8.65. The van der Waals surface area contributed by atoms with Crippen LogP contribution in [0.25, 0.3) is 0 Å². The molecule has 2 heterocycles. The number of ether oxygens (including phenoxy) is 1. The van der Waals surface area contributed by atoms with Gasteiger partial charge in [-0.1, -0.05) is 13.8 Å². The quantitative estimate of drug-likeness (QED) is 0.754. The maximum Gasteiger partial charge on any atom is 0.225 e. The molecule has 0 bridgehead atoms. The van der Waals surface area contributed by atoms with Crippen LogP contribution < -0.4 is 10.6 Å². The van der Waals surface area contributed by atoms with Gasteiger partial charge in [0.1, 0.15) is 0 Å². The van der Waals surface area contributed by atoms with Gasteiger partial charge in [-0.15, -0.1) is 12.4 Å². The monoisotopic (exact) mass is 291 g/mol. The van der Waals surface area contributed by atoms with Crippen molar-refractivity contribution < 1.29 is 9.53 Å². The van der Waals surface area contributed by atoms with Gasteiger partial charge in [0.25, 0.3) is 0 Å². The maximum atomic E-state index is 11.7. The smallest absolute Gasteiger partial charge is 0.225 e. The lowest BCUT2D eigenvalue weighted by atomic mass is 10.0. The van der Waals surface area contributed by atoms with E-state index < -0.39 is 0 Å². The SMILES string of the molecule is CC(C)CN1CCOC(CNC(=O)C2CNC2)C1.Cl. The van der Waals surface area contributed by atoms with Gasteiger partial charge >= 0.3 is 0 Å². The fraction of sp³-hybridized carbons (Fsp3) is 0.923. The van der Waals surface area contributed by atoms with Gasteiger partial charge in [0.05, 0.1) is 18.6 Å². The average Bonchev–Trinajstić information content (AvgIpc) is 2.23. The standard InChI is InChI=1S/C13H25N3O2.ClH/c1-10(2)8-16-3-4-18-12(9-16)7-15-13(17)11-5-14-6-11;/h10-12,14H,3-9H2,1-2H3,(H,15,17);1H. The summed E-state index contributed by atoms with van der Waals surface area (Å²) in [6, 6.07) is 0. The van der Waals surface area contributed by atoms with Crippen LogP contribution in [-0.2, 0) is 9.53 Å². The first-order valence-electron chi connectivity index (χ1n) is 6.97. The third-order valence-corrected chi connectivity index (χ3v) is 3.50. The molecule has 1 unspecified atom stereocenters. The van der Waals surface area contributed by atoms with Crippen LogP contribution >= 0.6 is 12.4 Å². The summed E-state index contributed by atoms with van der Waals surface area (Å²) in [7, 11) is 0. The van der Waals surface area contributed by atoms with Crippen molar-refractivity contribution in [2.24, 2.45) is 11.8 Å². The summed E-state index contributed by atoms with van der Waals surface area (Å²) in [6.07, 6.45) is 0.148. The van der Waals surface area contributed by atoms with Gasteiger partial charge in [-0.3, -0.25) is 9.69 Å². The molecule has 2 aliphatic rings. The van der Waals surface area contributed by atoms with Crippen molar-refractivity contribution in [3.63, 3.8) is 0 Å². The summed E-state index contributed by atoms with van der Waals surface area (Å²) in [5.41, 5.74) is 0. The highest BCUT2D eigenvalue weighted by Gasteiger charge is 2.26. The molecule has 2 fully saturated rings. The second-order valence-electron chi connectivity index (χ2n) is 5.75. The zero-order valence-corrected chi connectivity index (χ0v) is 12.7. The Balaban J connectivity index is 0.00000180. The summed E-state index contributed by atoms with van der Waals surface area (Å²) in [6.45, 7) is 10.6. The minimum atomic E-state index is 0. The molecule has 0 spiro atoms. The number of nitrogens with zero attached hydrogens (tertiary/aromatic N) is 1. The number of hydrogen-bond donors (Lipinski definition) is 2. The number of halogens is 1. The van der Waals surface area contributed by atoms with Crippen LogP contribution in [0.2, 0.25) is 0 Å². The lowest BCUT2D eigenvalue weighted by molar-refractivity contribution is -0.127. The van der Waals surface area contributed by atoms with E-state index in [0.717, 1.165) is 39.3 Å². The first-order valence-corrected chi connectivity index (χ1v) is 6.97. The third kappa shape index (κ3) is 5.26. The van der Waals surface area contributed by atoms with E-state index in [2.05, 4.69) is 29.4 Å². The second kappa shape index (κ2) is 8.04. The Morgan fingerprint density at radius 2 is 2.21 bits per heavy atom. The Kier molecular flexibility index (Phi) is 7.07. The molecule has 19 heavy (non-hydrogen) atoms. The van der Waals surface area contributed by atoms with Crippen LogP contribution in [0.1, 0.15) is 13.8 Å². The van der Waals surface area contributed by atoms with Gasteiger partial charge in [-0.05, 0) is 5.92 Å². The van der Waals surface area contributed by atoms with Crippen molar-refractivity contribution in [3.05, 3.63) is 0 Å². The molecule has 0 aromatic rings. The molecule has 2 saturated heterocycles. The Morgan fingerprint density at radius 3 is 2.79 bits per heavy atom. The summed E-state index contributed by atoms with van der Waals surface area (Å²) < 4.78 is 5.70. The van der Waals surface area contributed by atoms with E-state index in [9.17, 15) is 4.79 Å². The lowest BCUT2D eigenvalue weighted by Crippen LogP contribution is -2.53. The van der Waals surface area contributed by atoms with E-state index in [4.69, 9.17) is 4.74 Å². The van der Waals surface area contributed by atoms with E-state index in [1.807, 2.05) is 0 Å². The highest BCUT2D eigenvalue weighted by Crippen LogP contribution is 2.08. The van der Waals surface area contributed by atoms with Crippen LogP contribution in [0.15, 0.2) is 0 Å². The Labute approximate surface area is 121 Å². The van der Waals surface area contributed by atoms with E-state index in [1.165, 1.54) is 0 Å². The molecular weight excluding hydrogens is 266 g/mol. The number of hydrogen-bond acceptors (Lipinski definition) is 4. The summed E-state index contributed by atoms with van der Waals surface area (Å²) in [5, 5.41) is 6.11. The van der Waals surface area contributed by atoms with Crippen LogP contribution in [0, 0.1) is 11.8 Å². The third-order valence-electron chi connectivity index (χ3n) is 3.50. The molecule has 2 aliphatic heterocycles. The van der Waals surface area contributed by atoms with Crippen LogP contribution in [0.3, 0.4) is 0 Å². The lowest BCUT2D eigenvalue weighted by Gasteiger charge is -2.34. The minimum Gasteiger partial charge on any atom is -0.374 e. The van der Waals surface area contributed by atoms with Gasteiger partial charge < -0.3 is 15.4 Å². The Morgan fingerprint density at radius 1 is 1.47 bits per heavy atom. The molecule has 1 amide bonds. The number of nitrogens with one attached hydrogen (secondary N) is 2. The van der Waals surface area contributed by atoms with E-state index in [1.54, 1.807) is 0 Å². The predicted molar refractivity (Wildman–Crippen MR) is 77.6 cm³/mol. The Bertz CT molecular complexity index is 285. The average molecular weight is 292 g/mol. The van der Waals surface area contributed by atoms with Crippen molar-refractivity contribution in [1.29, 1.82) is 0 Å². The topological polar surface area (TPSA) is 53.6 Å². The van der Waals surface area contributed by atoms with Gasteiger partial charge in [-0.25, -0.2) is 0 Å². The molecule has 2 rings (SSSR count). The molecule has 0 aliphatic carbocycles. The summed E-state index contributed by atoms with van der Waals surface area (Å²) in [5.74, 6) is 1.01. The molecule has 0 radical (unpaired) electrons. The Hall–Kier alpha value is -0.360. The molecule has 0 saturated carbocycles. The number of amides is 1. The van der Waals surface area contributed by atoms with Crippen molar-refractivity contribution in [3.8, 4) is 0 Å². The number of carbonyl (C=O) groups excluding carboxylic acids is 1. The van der Waals surface area contributed by atoms with Crippen molar-refractivity contribution in [2.75, 3.05) is 45.9 Å². The van der Waals surface area contributed by atoms with Crippen LogP contribution in [0.4, 0.5) is 0 Å². The van der Waals surface area contributed by atoms with Crippen molar-refractivity contribution >= 4 is 18.3 Å². The highest BCUT2D eigenvalue weighted by molar-refractivity contribution is 5.85. The molecule has 0 aromatic carbocycles. The molecule has 1 atom stereocenters. The van der Waals surface area contributed by atoms with Gasteiger partial charge in [0, 0.05) is 39.3 Å². The normalized spacial score (nSPS) is 24.7. The molecular formula is C13H26ClN3O2. The predicted octanol–water partition coefficient (Wildman–Crippen LogP) is 0.101. The molecule has 112 valence electrons. The molecule has 6 heteroatoms. The van der Waals surface area contributed by atoms with Crippen molar-refractivity contribution in [1.82, 2.24) is 15.5 Å². The molecule has 2 N–H and O–H groups in total. The zero-order valence-electron chi connectivity index (χ0n) is 11.9. The second-order valence-corrected chi connectivity index (χ2v) is 5.75. The number of rotatable bonds is 5. The first kappa shape index (κ1) is 16.7. The van der Waals surface area contributed by atoms with Gasteiger partial charge in [0.2, 0.25) is 5.91 Å². The highest BCUT2D eigenvalue weighted by atomic mass is 35.5. The van der Waals surface area contributed by atoms with E-state index >= 15 is 0 Å². The van der Waals surface area contributed by atoms with Gasteiger partial charge in [0.15, 0.2) is 0 Å². The molecule has 5 nitrogen and oxygen atoms in total.